The number of aromatic amines is 1. The van der Waals surface area contributed by atoms with Gasteiger partial charge in [-0.15, -0.1) is 0 Å². The van der Waals surface area contributed by atoms with Crippen LogP contribution in [0.3, 0.4) is 0 Å². The van der Waals surface area contributed by atoms with Gasteiger partial charge in [-0.25, -0.2) is 4.98 Å². The average molecular weight is 582 g/mol. The fourth-order valence-electron chi connectivity index (χ4n) is 6.08. The maximum absolute atomic E-state index is 13.4. The van der Waals surface area contributed by atoms with E-state index in [0.717, 1.165) is 41.9 Å². The maximum atomic E-state index is 13.4. The van der Waals surface area contributed by atoms with Gasteiger partial charge in [-0.1, -0.05) is 80.0 Å². The molecule has 3 aromatic carbocycles. The summed E-state index contributed by atoms with van der Waals surface area (Å²) in [5.74, 6) is 0.885. The standard InChI is InChI=1S/C35H36ClN3O3/c1-22(2)23-7-4-11-27(18-23)35(14-15-35)34-37-30-13-6-16-39(20-29(30)33(42)38-34)21-31(40)32(41)26-10-3-8-24(17-26)25-9-5-12-28(36)19-25/h3-5,7-12,17-19,22,32,41H,6,13-16,20-21H2,1-2H3,(H,37,38,42)/t32-/m1/s1. The predicted octanol–water partition coefficient (Wildman–Crippen LogP) is 6.34. The zero-order valence-corrected chi connectivity index (χ0v) is 24.8. The molecule has 6 rings (SSSR count). The van der Waals surface area contributed by atoms with Crippen molar-refractivity contribution in [2.75, 3.05) is 13.1 Å². The lowest BCUT2D eigenvalue weighted by Gasteiger charge is -2.22. The smallest absolute Gasteiger partial charge is 0.255 e. The first-order valence-electron chi connectivity index (χ1n) is 14.8. The Kier molecular flexibility index (Phi) is 7.88. The Hall–Kier alpha value is -3.58. The van der Waals surface area contributed by atoms with E-state index in [0.29, 0.717) is 41.6 Å². The Bertz CT molecular complexity index is 1690. The number of benzene rings is 3. The van der Waals surface area contributed by atoms with Crippen molar-refractivity contribution in [2.45, 2.75) is 63.5 Å². The number of fused-ring (bicyclic) bond motifs is 1. The molecule has 1 saturated carbocycles. The second-order valence-corrected chi connectivity index (χ2v) is 12.5. The van der Waals surface area contributed by atoms with Gasteiger partial charge < -0.3 is 10.1 Å². The van der Waals surface area contributed by atoms with Crippen LogP contribution in [0.4, 0.5) is 0 Å². The minimum absolute atomic E-state index is 0.0507. The number of hydrogen-bond acceptors (Lipinski definition) is 5. The molecule has 7 heteroatoms. The summed E-state index contributed by atoms with van der Waals surface area (Å²) >= 11 is 6.16. The number of Topliss-reactive ketones (excluding diaryl/α,β-unsaturated/α-hetero) is 1. The molecule has 0 radical (unpaired) electrons. The van der Waals surface area contributed by atoms with Crippen molar-refractivity contribution in [3.63, 3.8) is 0 Å². The molecule has 1 aliphatic carbocycles. The molecule has 0 unspecified atom stereocenters. The fourth-order valence-corrected chi connectivity index (χ4v) is 6.27. The third-order valence-corrected chi connectivity index (χ3v) is 8.96. The van der Waals surface area contributed by atoms with Crippen molar-refractivity contribution in [1.82, 2.24) is 14.9 Å². The Labute approximate surface area is 251 Å². The number of rotatable bonds is 8. The van der Waals surface area contributed by atoms with Crippen molar-refractivity contribution in [3.8, 4) is 11.1 Å². The third kappa shape index (κ3) is 5.71. The molecule has 2 heterocycles. The number of nitrogens with zero attached hydrogens (tertiary/aromatic N) is 2. The molecule has 0 amide bonds. The molecule has 4 aromatic rings. The van der Waals surface area contributed by atoms with Crippen LogP contribution in [0.25, 0.3) is 11.1 Å². The molecule has 1 fully saturated rings. The lowest BCUT2D eigenvalue weighted by Crippen LogP contribution is -2.34. The molecule has 2 N–H and O–H groups in total. The van der Waals surface area contributed by atoms with Crippen LogP contribution in [-0.2, 0) is 23.2 Å². The van der Waals surface area contributed by atoms with Crippen LogP contribution in [-0.4, -0.2) is 38.8 Å². The normalized spacial score (nSPS) is 17.0. The SMILES string of the molecule is CC(C)c1cccc(C2(c3nc4c(c(=O)[nH]3)CN(CC(=O)[C@H](O)c3cccc(-c5cccc(Cl)c5)c3)CCC4)CC2)c1. The first-order chi connectivity index (χ1) is 20.2. The summed E-state index contributed by atoms with van der Waals surface area (Å²) in [6, 6.07) is 23.5. The largest absolute Gasteiger partial charge is 0.380 e. The van der Waals surface area contributed by atoms with E-state index in [-0.39, 0.29) is 23.3 Å². The number of aromatic nitrogens is 2. The third-order valence-electron chi connectivity index (χ3n) is 8.72. The zero-order valence-electron chi connectivity index (χ0n) is 24.1. The van der Waals surface area contributed by atoms with Crippen LogP contribution >= 0.6 is 11.6 Å². The van der Waals surface area contributed by atoms with E-state index in [1.54, 1.807) is 6.07 Å². The van der Waals surface area contributed by atoms with Gasteiger partial charge >= 0.3 is 0 Å². The summed E-state index contributed by atoms with van der Waals surface area (Å²) in [5.41, 5.74) is 5.91. The number of carbonyl (C=O) groups is 1. The Balaban J connectivity index is 1.19. The van der Waals surface area contributed by atoms with E-state index in [1.165, 1.54) is 11.1 Å². The van der Waals surface area contributed by atoms with Gasteiger partial charge in [0.1, 0.15) is 11.9 Å². The van der Waals surface area contributed by atoms with Crippen molar-refractivity contribution in [2.24, 2.45) is 0 Å². The maximum Gasteiger partial charge on any atom is 0.255 e. The van der Waals surface area contributed by atoms with Gasteiger partial charge in [0.25, 0.3) is 5.56 Å². The minimum atomic E-state index is -1.26. The van der Waals surface area contributed by atoms with Gasteiger partial charge in [0, 0.05) is 11.6 Å². The predicted molar refractivity (Wildman–Crippen MR) is 166 cm³/mol. The summed E-state index contributed by atoms with van der Waals surface area (Å²) in [4.78, 5) is 36.8. The Morgan fingerprint density at radius 3 is 2.48 bits per heavy atom. The molecule has 0 bridgehead atoms. The van der Waals surface area contributed by atoms with Gasteiger partial charge in [0.2, 0.25) is 0 Å². The van der Waals surface area contributed by atoms with E-state index < -0.39 is 6.10 Å². The van der Waals surface area contributed by atoms with Gasteiger partial charge in [-0.2, -0.15) is 0 Å². The Morgan fingerprint density at radius 2 is 1.74 bits per heavy atom. The van der Waals surface area contributed by atoms with Gasteiger partial charge in [-0.3, -0.25) is 14.5 Å². The first-order valence-corrected chi connectivity index (χ1v) is 15.1. The summed E-state index contributed by atoms with van der Waals surface area (Å²) in [6.45, 7) is 5.40. The number of ketones is 1. The number of aryl methyl sites for hydroxylation is 1. The number of aliphatic hydroxyl groups excluding tert-OH is 1. The molecule has 42 heavy (non-hydrogen) atoms. The second-order valence-electron chi connectivity index (χ2n) is 12.0. The monoisotopic (exact) mass is 581 g/mol. The summed E-state index contributed by atoms with van der Waals surface area (Å²) < 4.78 is 0. The molecule has 1 aromatic heterocycles. The topological polar surface area (TPSA) is 86.3 Å². The van der Waals surface area contributed by atoms with Crippen molar-refractivity contribution >= 4 is 17.4 Å². The van der Waals surface area contributed by atoms with E-state index in [2.05, 4.69) is 43.1 Å². The molecule has 216 valence electrons. The number of aliphatic hydroxyl groups is 1. The molecular formula is C35H36ClN3O3. The van der Waals surface area contributed by atoms with Crippen LogP contribution in [0.15, 0.2) is 77.6 Å². The van der Waals surface area contributed by atoms with E-state index in [4.69, 9.17) is 16.6 Å². The highest BCUT2D eigenvalue weighted by Crippen LogP contribution is 2.52. The highest BCUT2D eigenvalue weighted by molar-refractivity contribution is 6.30. The van der Waals surface area contributed by atoms with Gasteiger partial charge in [0.15, 0.2) is 5.78 Å². The van der Waals surface area contributed by atoms with E-state index in [1.807, 2.05) is 47.4 Å². The zero-order chi connectivity index (χ0) is 29.4. The van der Waals surface area contributed by atoms with Crippen molar-refractivity contribution < 1.29 is 9.90 Å². The van der Waals surface area contributed by atoms with Crippen molar-refractivity contribution in [1.29, 1.82) is 0 Å². The number of carbonyl (C=O) groups excluding carboxylic acids is 1. The number of hydrogen-bond donors (Lipinski definition) is 2. The molecule has 6 nitrogen and oxygen atoms in total. The van der Waals surface area contributed by atoms with Crippen LogP contribution in [0.5, 0.6) is 0 Å². The quantitative estimate of drug-likeness (QED) is 0.253. The lowest BCUT2D eigenvalue weighted by atomic mass is 9.90. The number of H-pyrrole nitrogens is 1. The van der Waals surface area contributed by atoms with Crippen LogP contribution in [0.1, 0.15) is 78.9 Å². The molecule has 0 saturated heterocycles. The first kappa shape index (κ1) is 28.5. The minimum Gasteiger partial charge on any atom is -0.380 e. The highest BCUT2D eigenvalue weighted by atomic mass is 35.5. The van der Waals surface area contributed by atoms with Gasteiger partial charge in [-0.05, 0) is 84.2 Å². The van der Waals surface area contributed by atoms with Crippen LogP contribution in [0, 0.1) is 0 Å². The summed E-state index contributed by atoms with van der Waals surface area (Å²) in [5, 5.41) is 11.6. The lowest BCUT2D eigenvalue weighted by molar-refractivity contribution is -0.128. The molecule has 1 atom stereocenters. The van der Waals surface area contributed by atoms with Gasteiger partial charge in [0.05, 0.1) is 23.2 Å². The van der Waals surface area contributed by atoms with Crippen molar-refractivity contribution in [3.05, 3.63) is 122 Å². The van der Waals surface area contributed by atoms with E-state index >= 15 is 0 Å². The molecule has 1 aliphatic heterocycles. The number of halogens is 1. The average Bonchev–Trinajstić information content (AvgIpc) is 3.82. The molecule has 2 aliphatic rings. The Morgan fingerprint density at radius 1 is 1.02 bits per heavy atom. The van der Waals surface area contributed by atoms with Crippen LogP contribution < -0.4 is 5.56 Å². The molecule has 0 spiro atoms. The fraction of sp³-hybridized carbons (Fsp3) is 0.343. The highest BCUT2D eigenvalue weighted by Gasteiger charge is 2.48. The number of nitrogens with one attached hydrogen (secondary N) is 1. The molecular weight excluding hydrogens is 546 g/mol. The van der Waals surface area contributed by atoms with E-state index in [9.17, 15) is 14.7 Å². The summed E-state index contributed by atoms with van der Waals surface area (Å²) in [6.07, 6.45) is 2.14. The summed E-state index contributed by atoms with van der Waals surface area (Å²) in [7, 11) is 0. The van der Waals surface area contributed by atoms with Crippen LogP contribution in [0.2, 0.25) is 5.02 Å². The second kappa shape index (κ2) is 11.6.